The number of imide groups is 1. The maximum atomic E-state index is 12.5. The van der Waals surface area contributed by atoms with Crippen LogP contribution in [0.2, 0.25) is 0 Å². The van der Waals surface area contributed by atoms with Gasteiger partial charge in [0.2, 0.25) is 11.8 Å². The van der Waals surface area contributed by atoms with E-state index in [4.69, 9.17) is 5.73 Å². The van der Waals surface area contributed by atoms with Crippen molar-refractivity contribution in [3.63, 3.8) is 0 Å². The lowest BCUT2D eigenvalue weighted by molar-refractivity contribution is -0.125. The van der Waals surface area contributed by atoms with E-state index in [2.05, 4.69) is 11.8 Å². The predicted molar refractivity (Wildman–Crippen MR) is 80.4 cm³/mol. The van der Waals surface area contributed by atoms with E-state index in [1.165, 1.54) is 4.90 Å². The van der Waals surface area contributed by atoms with Gasteiger partial charge < -0.3 is 5.73 Å². The number of amides is 2. The molecule has 0 spiro atoms. The highest BCUT2D eigenvalue weighted by Gasteiger charge is 2.72. The minimum absolute atomic E-state index is 0.102. The van der Waals surface area contributed by atoms with Crippen molar-refractivity contribution in [3.05, 3.63) is 29.3 Å². The summed E-state index contributed by atoms with van der Waals surface area (Å²) in [7, 11) is 0. The molecular formula is C17H18N2O2. The van der Waals surface area contributed by atoms with Gasteiger partial charge in [0.15, 0.2) is 0 Å². The van der Waals surface area contributed by atoms with Crippen molar-refractivity contribution in [2.45, 2.75) is 20.8 Å². The van der Waals surface area contributed by atoms with Crippen LogP contribution in [0, 0.1) is 36.0 Å². The van der Waals surface area contributed by atoms with Gasteiger partial charge in [0.25, 0.3) is 0 Å². The van der Waals surface area contributed by atoms with E-state index in [0.717, 1.165) is 5.56 Å². The molecule has 2 aliphatic rings. The molecule has 3 rings (SSSR count). The second-order valence-electron chi connectivity index (χ2n) is 6.32. The average molecular weight is 282 g/mol. The van der Waals surface area contributed by atoms with Crippen molar-refractivity contribution in [2.24, 2.45) is 23.0 Å². The Balaban J connectivity index is 2.03. The van der Waals surface area contributed by atoms with Crippen LogP contribution in [0.1, 0.15) is 25.0 Å². The number of aryl methyl sites for hydroxylation is 1. The third-order valence-corrected chi connectivity index (χ3v) is 4.52. The van der Waals surface area contributed by atoms with Gasteiger partial charge >= 0.3 is 0 Å². The molecule has 1 aromatic carbocycles. The van der Waals surface area contributed by atoms with Gasteiger partial charge in [-0.3, -0.25) is 9.59 Å². The van der Waals surface area contributed by atoms with Crippen LogP contribution in [0.5, 0.6) is 0 Å². The highest BCUT2D eigenvalue weighted by molar-refractivity contribution is 6.26. The van der Waals surface area contributed by atoms with Crippen LogP contribution < -0.4 is 10.6 Å². The lowest BCUT2D eigenvalue weighted by atomic mass is 10.0. The molecule has 2 amide bonds. The molecule has 1 aliphatic carbocycles. The SMILES string of the molecule is Cc1ccc(N2C(=O)C3C(C2=O)C3(C)C)c(C#CCN)c1. The Morgan fingerprint density at radius 2 is 1.86 bits per heavy atom. The standard InChI is InChI=1S/C17H18N2O2/c1-10-6-7-12(11(9-10)5-4-8-18)19-15(20)13-14(16(19)21)17(13,2)3/h6-7,9,13-14H,8,18H2,1-3H3. The third kappa shape index (κ3) is 1.89. The first kappa shape index (κ1) is 13.8. The first-order valence-corrected chi connectivity index (χ1v) is 7.07. The van der Waals surface area contributed by atoms with E-state index in [1.54, 1.807) is 6.07 Å². The number of carbonyl (C=O) groups excluding carboxylic acids is 2. The number of nitrogens with zero attached hydrogens (tertiary/aromatic N) is 1. The number of piperidine rings is 1. The molecular weight excluding hydrogens is 264 g/mol. The van der Waals surface area contributed by atoms with Crippen molar-refractivity contribution in [1.82, 2.24) is 0 Å². The van der Waals surface area contributed by atoms with Crippen molar-refractivity contribution in [1.29, 1.82) is 0 Å². The zero-order valence-electron chi connectivity index (χ0n) is 12.4. The Labute approximate surface area is 124 Å². The summed E-state index contributed by atoms with van der Waals surface area (Å²) >= 11 is 0. The van der Waals surface area contributed by atoms with Gasteiger partial charge in [-0.05, 0) is 30.0 Å². The van der Waals surface area contributed by atoms with E-state index < -0.39 is 0 Å². The lowest BCUT2D eigenvalue weighted by Crippen LogP contribution is -2.36. The molecule has 2 fully saturated rings. The fourth-order valence-electron chi connectivity index (χ4n) is 3.27. The number of benzene rings is 1. The van der Waals surface area contributed by atoms with Crippen LogP contribution in [-0.2, 0) is 9.59 Å². The molecule has 108 valence electrons. The minimum Gasteiger partial charge on any atom is -0.320 e. The smallest absolute Gasteiger partial charge is 0.238 e. The maximum Gasteiger partial charge on any atom is 0.238 e. The highest BCUT2D eigenvalue weighted by Crippen LogP contribution is 2.63. The van der Waals surface area contributed by atoms with Gasteiger partial charge in [-0.2, -0.15) is 0 Å². The molecule has 1 aliphatic heterocycles. The lowest BCUT2D eigenvalue weighted by Gasteiger charge is -2.22. The molecule has 2 N–H and O–H groups in total. The maximum absolute atomic E-state index is 12.5. The monoisotopic (exact) mass is 282 g/mol. The summed E-state index contributed by atoms with van der Waals surface area (Å²) < 4.78 is 0. The summed E-state index contributed by atoms with van der Waals surface area (Å²) in [6.07, 6.45) is 0. The summed E-state index contributed by atoms with van der Waals surface area (Å²) in [4.78, 5) is 26.3. The van der Waals surface area contributed by atoms with E-state index >= 15 is 0 Å². The molecule has 4 nitrogen and oxygen atoms in total. The van der Waals surface area contributed by atoms with Crippen molar-refractivity contribution in [2.75, 3.05) is 11.4 Å². The number of hydrogen-bond donors (Lipinski definition) is 1. The van der Waals surface area contributed by atoms with Crippen molar-refractivity contribution >= 4 is 17.5 Å². The van der Waals surface area contributed by atoms with Crippen molar-refractivity contribution in [3.8, 4) is 11.8 Å². The molecule has 0 radical (unpaired) electrons. The summed E-state index contributed by atoms with van der Waals surface area (Å²) in [6.45, 7) is 6.14. The second kappa shape index (κ2) is 4.44. The van der Waals surface area contributed by atoms with E-state index in [1.807, 2.05) is 32.9 Å². The second-order valence-corrected chi connectivity index (χ2v) is 6.32. The number of anilines is 1. The summed E-state index contributed by atoms with van der Waals surface area (Å²) in [5.41, 5.74) is 7.52. The van der Waals surface area contributed by atoms with Gasteiger partial charge in [0.05, 0.1) is 24.1 Å². The zero-order chi connectivity index (χ0) is 15.4. The van der Waals surface area contributed by atoms with Gasteiger partial charge in [-0.1, -0.05) is 31.8 Å². The Morgan fingerprint density at radius 1 is 1.24 bits per heavy atom. The largest absolute Gasteiger partial charge is 0.320 e. The van der Waals surface area contributed by atoms with Crippen LogP contribution in [-0.4, -0.2) is 18.4 Å². The average Bonchev–Trinajstić information content (AvgIpc) is 2.88. The number of carbonyl (C=O) groups is 2. The number of hydrogen-bond acceptors (Lipinski definition) is 3. The van der Waals surface area contributed by atoms with E-state index in [0.29, 0.717) is 11.3 Å². The Bertz CT molecular complexity index is 685. The normalized spacial score (nSPS) is 25.4. The number of rotatable bonds is 1. The molecule has 1 heterocycles. The quantitative estimate of drug-likeness (QED) is 0.626. The fourth-order valence-corrected chi connectivity index (χ4v) is 3.27. The Morgan fingerprint density at radius 3 is 2.43 bits per heavy atom. The van der Waals surface area contributed by atoms with Crippen LogP contribution in [0.25, 0.3) is 0 Å². The van der Waals surface area contributed by atoms with Gasteiger partial charge in [0, 0.05) is 5.56 Å². The molecule has 1 saturated heterocycles. The summed E-state index contributed by atoms with van der Waals surface area (Å²) in [5, 5.41) is 0. The minimum atomic E-state index is -0.196. The van der Waals surface area contributed by atoms with E-state index in [-0.39, 0.29) is 35.6 Å². The molecule has 0 bridgehead atoms. The van der Waals surface area contributed by atoms with Gasteiger partial charge in [-0.25, -0.2) is 4.90 Å². The highest BCUT2D eigenvalue weighted by atomic mass is 16.2. The molecule has 1 aromatic rings. The van der Waals surface area contributed by atoms with Gasteiger partial charge in [0.1, 0.15) is 0 Å². The molecule has 21 heavy (non-hydrogen) atoms. The van der Waals surface area contributed by atoms with Crippen LogP contribution in [0.4, 0.5) is 5.69 Å². The molecule has 1 saturated carbocycles. The summed E-state index contributed by atoms with van der Waals surface area (Å²) in [5.74, 6) is 5.19. The number of fused-ring (bicyclic) bond motifs is 1. The zero-order valence-corrected chi connectivity index (χ0v) is 12.4. The molecule has 2 atom stereocenters. The first-order chi connectivity index (χ1) is 9.89. The van der Waals surface area contributed by atoms with Gasteiger partial charge in [-0.15, -0.1) is 0 Å². The first-order valence-electron chi connectivity index (χ1n) is 7.07. The fraction of sp³-hybridized carbons (Fsp3) is 0.412. The molecule has 0 aromatic heterocycles. The summed E-state index contributed by atoms with van der Waals surface area (Å²) in [6, 6.07) is 5.57. The molecule has 4 heteroatoms. The van der Waals surface area contributed by atoms with E-state index in [9.17, 15) is 9.59 Å². The topological polar surface area (TPSA) is 63.4 Å². The van der Waals surface area contributed by atoms with Crippen LogP contribution >= 0.6 is 0 Å². The Hall–Kier alpha value is -2.12. The third-order valence-electron chi connectivity index (χ3n) is 4.52. The van der Waals surface area contributed by atoms with Crippen molar-refractivity contribution < 1.29 is 9.59 Å². The van der Waals surface area contributed by atoms with Crippen LogP contribution in [0.3, 0.4) is 0 Å². The number of nitrogens with two attached hydrogens (primary N) is 1. The Kier molecular flexibility index (Phi) is 2.93. The molecule has 2 unspecified atom stereocenters. The predicted octanol–water partition coefficient (Wildman–Crippen LogP) is 1.45. The van der Waals surface area contributed by atoms with Crippen LogP contribution in [0.15, 0.2) is 18.2 Å².